The summed E-state index contributed by atoms with van der Waals surface area (Å²) in [4.78, 5) is 12.9. The van der Waals surface area contributed by atoms with E-state index >= 15 is 0 Å². The summed E-state index contributed by atoms with van der Waals surface area (Å²) in [5.74, 6) is 0. The molecule has 0 saturated carbocycles. The zero-order chi connectivity index (χ0) is 15.0. The van der Waals surface area contributed by atoms with Gasteiger partial charge in [-0.25, -0.2) is 4.99 Å². The highest BCUT2D eigenvalue weighted by Crippen LogP contribution is 2.36. The molecule has 0 amide bonds. The molecule has 4 aromatic rings. The summed E-state index contributed by atoms with van der Waals surface area (Å²) in [6, 6.07) is 16.7. The molecule has 0 fully saturated rings. The number of para-hydroxylation sites is 2. The van der Waals surface area contributed by atoms with Gasteiger partial charge < -0.3 is 4.98 Å². The number of aromatic nitrogens is 1. The molecule has 106 valence electrons. The Morgan fingerprint density at radius 3 is 2.78 bits per heavy atom. The van der Waals surface area contributed by atoms with Gasteiger partial charge in [-0.3, -0.25) is 4.99 Å². The van der Waals surface area contributed by atoms with Crippen molar-refractivity contribution in [2.75, 3.05) is 0 Å². The van der Waals surface area contributed by atoms with E-state index in [1.807, 2.05) is 18.5 Å². The Morgan fingerprint density at radius 1 is 0.913 bits per heavy atom. The van der Waals surface area contributed by atoms with Gasteiger partial charge >= 0.3 is 0 Å². The molecule has 0 unspecified atom stereocenters. The van der Waals surface area contributed by atoms with Crippen LogP contribution in [0.15, 0.2) is 58.5 Å². The summed E-state index contributed by atoms with van der Waals surface area (Å²) in [5, 5.41) is 4.69. The van der Waals surface area contributed by atoms with E-state index in [-0.39, 0.29) is 0 Å². The number of nitrogens with zero attached hydrogens (tertiary/aromatic N) is 2. The predicted molar refractivity (Wildman–Crippen MR) is 93.7 cm³/mol. The van der Waals surface area contributed by atoms with Gasteiger partial charge in [0, 0.05) is 50.6 Å². The molecule has 3 heteroatoms. The van der Waals surface area contributed by atoms with Crippen molar-refractivity contribution in [3.63, 3.8) is 0 Å². The molecule has 0 spiro atoms. The van der Waals surface area contributed by atoms with Gasteiger partial charge in [0.2, 0.25) is 0 Å². The quantitative estimate of drug-likeness (QED) is 0.454. The van der Waals surface area contributed by atoms with Crippen LogP contribution in [-0.4, -0.2) is 11.2 Å². The lowest BCUT2D eigenvalue weighted by molar-refractivity contribution is 1.41. The van der Waals surface area contributed by atoms with Crippen LogP contribution in [0.2, 0.25) is 0 Å². The third kappa shape index (κ3) is 1.26. The van der Waals surface area contributed by atoms with Crippen LogP contribution in [0.25, 0.3) is 39.1 Å². The highest BCUT2D eigenvalue weighted by Gasteiger charge is 2.23. The van der Waals surface area contributed by atoms with Gasteiger partial charge in [0.05, 0.1) is 16.6 Å². The zero-order valence-electron chi connectivity index (χ0n) is 12.2. The molecule has 3 aromatic carbocycles. The van der Waals surface area contributed by atoms with E-state index in [9.17, 15) is 0 Å². The Labute approximate surface area is 131 Å². The molecule has 2 aliphatic rings. The monoisotopic (exact) mass is 293 g/mol. The van der Waals surface area contributed by atoms with Gasteiger partial charge in [-0.05, 0) is 12.1 Å². The van der Waals surface area contributed by atoms with Crippen molar-refractivity contribution in [3.05, 3.63) is 64.7 Å². The summed E-state index contributed by atoms with van der Waals surface area (Å²) >= 11 is 0. The fraction of sp³-hybridized carbons (Fsp3) is 0. The van der Waals surface area contributed by atoms with Crippen molar-refractivity contribution in [1.82, 2.24) is 4.98 Å². The van der Waals surface area contributed by atoms with Crippen LogP contribution < -0.4 is 10.6 Å². The highest BCUT2D eigenvalue weighted by atomic mass is 14.8. The number of nitrogens with one attached hydrogen (secondary N) is 1. The third-order valence-electron chi connectivity index (χ3n) is 4.82. The zero-order valence-corrected chi connectivity index (χ0v) is 12.2. The molecule has 0 aliphatic carbocycles. The van der Waals surface area contributed by atoms with Crippen molar-refractivity contribution in [2.45, 2.75) is 0 Å². The first-order valence-electron chi connectivity index (χ1n) is 7.70. The van der Waals surface area contributed by atoms with Gasteiger partial charge in [0.15, 0.2) is 0 Å². The molecule has 3 nitrogen and oxygen atoms in total. The molecule has 3 heterocycles. The van der Waals surface area contributed by atoms with Gasteiger partial charge in [-0.2, -0.15) is 0 Å². The minimum Gasteiger partial charge on any atom is -0.353 e. The largest absolute Gasteiger partial charge is 0.353 e. The van der Waals surface area contributed by atoms with E-state index in [0.717, 1.165) is 22.1 Å². The average molecular weight is 293 g/mol. The lowest BCUT2D eigenvalue weighted by Crippen LogP contribution is -2.17. The van der Waals surface area contributed by atoms with E-state index in [1.54, 1.807) is 0 Å². The molecular formula is C20H11N3. The van der Waals surface area contributed by atoms with Gasteiger partial charge in [0.1, 0.15) is 0 Å². The second-order valence-corrected chi connectivity index (χ2v) is 6.01. The maximum atomic E-state index is 4.91. The van der Waals surface area contributed by atoms with Gasteiger partial charge in [-0.1, -0.05) is 36.4 Å². The lowest BCUT2D eigenvalue weighted by atomic mass is 9.96. The SMILES string of the molecule is C1=NC=c2c1c1c(c3[nH]c4ccccc4c23)=Nc2ccccc2-1. The number of aromatic amines is 1. The van der Waals surface area contributed by atoms with E-state index in [2.05, 4.69) is 52.4 Å². The Kier molecular flexibility index (Phi) is 1.86. The van der Waals surface area contributed by atoms with Crippen molar-refractivity contribution in [2.24, 2.45) is 9.98 Å². The second kappa shape index (κ2) is 3.76. The van der Waals surface area contributed by atoms with E-state index < -0.39 is 0 Å². The standard InChI is InChI=1S/C20H11N3/c1-3-7-15-11(5-1)17-13-9-21-10-14(13)18-12-6-2-4-8-16(12)23-20(18)19(17)22-15/h1-10,22H. The number of benzene rings is 3. The number of hydrogen-bond donors (Lipinski definition) is 1. The van der Waals surface area contributed by atoms with Crippen molar-refractivity contribution < 1.29 is 0 Å². The first-order chi connectivity index (χ1) is 11.4. The van der Waals surface area contributed by atoms with Crippen molar-refractivity contribution >= 4 is 39.9 Å². The van der Waals surface area contributed by atoms with E-state index in [1.165, 1.54) is 32.7 Å². The number of H-pyrrole nitrogens is 1. The first-order valence-corrected chi connectivity index (χ1v) is 7.70. The second-order valence-electron chi connectivity index (χ2n) is 6.01. The van der Waals surface area contributed by atoms with Gasteiger partial charge in [0.25, 0.3) is 0 Å². The Morgan fingerprint density at radius 2 is 1.78 bits per heavy atom. The molecule has 6 rings (SSSR count). The lowest BCUT2D eigenvalue weighted by Gasteiger charge is -2.04. The molecule has 0 radical (unpaired) electrons. The Hall–Kier alpha value is -3.20. The molecule has 1 aromatic heterocycles. The number of rotatable bonds is 0. The van der Waals surface area contributed by atoms with E-state index in [4.69, 9.17) is 4.99 Å². The summed E-state index contributed by atoms with van der Waals surface area (Å²) in [6.07, 6.45) is 3.94. The smallest absolute Gasteiger partial charge is 0.0964 e. The average Bonchev–Trinajstić information content (AvgIpc) is 3.28. The first kappa shape index (κ1) is 11.4. The van der Waals surface area contributed by atoms with Crippen LogP contribution in [0.4, 0.5) is 5.69 Å². The fourth-order valence-corrected chi connectivity index (χ4v) is 3.86. The summed E-state index contributed by atoms with van der Waals surface area (Å²) in [6.45, 7) is 0. The summed E-state index contributed by atoms with van der Waals surface area (Å²) in [7, 11) is 0. The topological polar surface area (TPSA) is 40.5 Å². The normalized spacial score (nSPS) is 13.7. The van der Waals surface area contributed by atoms with E-state index in [0.29, 0.717) is 0 Å². The minimum absolute atomic E-state index is 1.04. The molecule has 1 N–H and O–H groups in total. The molecule has 0 bridgehead atoms. The fourth-order valence-electron chi connectivity index (χ4n) is 3.86. The Balaban J connectivity index is 1.98. The summed E-state index contributed by atoms with van der Waals surface area (Å²) < 4.78 is 0. The van der Waals surface area contributed by atoms with Crippen molar-refractivity contribution in [3.8, 4) is 11.1 Å². The molecule has 23 heavy (non-hydrogen) atoms. The van der Waals surface area contributed by atoms with Crippen LogP contribution >= 0.6 is 0 Å². The number of aliphatic imine (C=N–C) groups is 1. The minimum atomic E-state index is 1.04. The molecule has 2 aliphatic heterocycles. The maximum Gasteiger partial charge on any atom is 0.0964 e. The number of fused-ring (bicyclic) bond motifs is 10. The molecule has 0 atom stereocenters. The molecule has 0 saturated heterocycles. The van der Waals surface area contributed by atoms with Crippen LogP contribution in [0.5, 0.6) is 0 Å². The highest BCUT2D eigenvalue weighted by molar-refractivity contribution is 6.13. The molecular weight excluding hydrogens is 282 g/mol. The summed E-state index contributed by atoms with van der Waals surface area (Å²) in [5.41, 5.74) is 6.87. The predicted octanol–water partition coefficient (Wildman–Crippen LogP) is 3.42. The third-order valence-corrected chi connectivity index (χ3v) is 4.82. The van der Waals surface area contributed by atoms with Crippen LogP contribution in [0, 0.1) is 0 Å². The number of hydrogen-bond acceptors (Lipinski definition) is 2. The van der Waals surface area contributed by atoms with Crippen LogP contribution in [0.3, 0.4) is 0 Å². The Bertz CT molecular complexity index is 1310. The van der Waals surface area contributed by atoms with Crippen molar-refractivity contribution in [1.29, 1.82) is 0 Å². The van der Waals surface area contributed by atoms with Crippen LogP contribution in [0.1, 0.15) is 5.56 Å². The van der Waals surface area contributed by atoms with Crippen LogP contribution in [-0.2, 0) is 0 Å². The maximum absolute atomic E-state index is 4.91. The van der Waals surface area contributed by atoms with Gasteiger partial charge in [-0.15, -0.1) is 0 Å².